The van der Waals surface area contributed by atoms with Gasteiger partial charge in [0.05, 0.1) is 11.9 Å². The SMILES string of the molecule is CC(C)NC(=O)C(C)N(CCc1ccccc1)C(=O)CN(c1ccc(F)c(F)c1)S(C)(=O)=O. The molecule has 0 radical (unpaired) electrons. The van der Waals surface area contributed by atoms with Crippen LogP contribution in [0.25, 0.3) is 0 Å². The molecule has 1 N–H and O–H groups in total. The summed E-state index contributed by atoms with van der Waals surface area (Å²) in [6.45, 7) is 4.62. The second kappa shape index (κ2) is 11.2. The Kier molecular flexibility index (Phi) is 8.92. The average Bonchev–Trinajstić information content (AvgIpc) is 2.73. The molecular formula is C23H29F2N3O4S. The number of carbonyl (C=O) groups excluding carboxylic acids is 2. The first-order valence-corrected chi connectivity index (χ1v) is 12.3. The molecule has 1 unspecified atom stereocenters. The van der Waals surface area contributed by atoms with Crippen LogP contribution < -0.4 is 9.62 Å². The molecule has 0 saturated heterocycles. The zero-order chi connectivity index (χ0) is 24.8. The monoisotopic (exact) mass is 481 g/mol. The molecule has 1 atom stereocenters. The van der Waals surface area contributed by atoms with Crippen LogP contribution in [0.4, 0.5) is 14.5 Å². The summed E-state index contributed by atoms with van der Waals surface area (Å²) in [5, 5.41) is 2.75. The Morgan fingerprint density at radius 3 is 2.18 bits per heavy atom. The molecule has 180 valence electrons. The van der Waals surface area contributed by atoms with Crippen molar-refractivity contribution in [2.75, 3.05) is 23.7 Å². The van der Waals surface area contributed by atoms with E-state index in [0.717, 1.165) is 24.0 Å². The van der Waals surface area contributed by atoms with E-state index in [4.69, 9.17) is 0 Å². The predicted molar refractivity (Wildman–Crippen MR) is 123 cm³/mol. The molecule has 0 aliphatic heterocycles. The van der Waals surface area contributed by atoms with Gasteiger partial charge in [-0.2, -0.15) is 0 Å². The van der Waals surface area contributed by atoms with Gasteiger partial charge >= 0.3 is 0 Å². The van der Waals surface area contributed by atoms with Crippen molar-refractivity contribution in [1.82, 2.24) is 10.2 Å². The summed E-state index contributed by atoms with van der Waals surface area (Å²) in [6, 6.07) is 10.9. The van der Waals surface area contributed by atoms with Crippen LogP contribution in [0.5, 0.6) is 0 Å². The maximum atomic E-state index is 13.7. The van der Waals surface area contributed by atoms with Gasteiger partial charge in [-0.1, -0.05) is 30.3 Å². The number of benzene rings is 2. The van der Waals surface area contributed by atoms with E-state index < -0.39 is 40.2 Å². The Morgan fingerprint density at radius 1 is 1.00 bits per heavy atom. The quantitative estimate of drug-likeness (QED) is 0.565. The number of sulfonamides is 1. The van der Waals surface area contributed by atoms with Crippen LogP contribution in [0.15, 0.2) is 48.5 Å². The van der Waals surface area contributed by atoms with Gasteiger partial charge in [0.1, 0.15) is 12.6 Å². The van der Waals surface area contributed by atoms with Crippen LogP contribution in [0.3, 0.4) is 0 Å². The fourth-order valence-electron chi connectivity index (χ4n) is 3.23. The minimum Gasteiger partial charge on any atom is -0.352 e. The highest BCUT2D eigenvalue weighted by molar-refractivity contribution is 7.92. The fourth-order valence-corrected chi connectivity index (χ4v) is 4.07. The lowest BCUT2D eigenvalue weighted by Gasteiger charge is -2.31. The van der Waals surface area contributed by atoms with E-state index in [0.29, 0.717) is 16.8 Å². The standard InChI is InChI=1S/C23H29F2N3O4S/c1-16(2)26-23(30)17(3)27(13-12-18-8-6-5-7-9-18)22(29)15-28(33(4,31)32)19-10-11-20(24)21(25)14-19/h5-11,14,16-17H,12-13,15H2,1-4H3,(H,26,30). The highest BCUT2D eigenvalue weighted by atomic mass is 32.2. The molecule has 7 nitrogen and oxygen atoms in total. The van der Waals surface area contributed by atoms with E-state index >= 15 is 0 Å². The molecule has 2 rings (SSSR count). The maximum Gasteiger partial charge on any atom is 0.244 e. The van der Waals surface area contributed by atoms with Crippen molar-refractivity contribution in [3.8, 4) is 0 Å². The van der Waals surface area contributed by atoms with Gasteiger partial charge < -0.3 is 10.2 Å². The normalized spacial score (nSPS) is 12.3. The van der Waals surface area contributed by atoms with Crippen LogP contribution in [0, 0.1) is 11.6 Å². The molecule has 0 saturated carbocycles. The number of anilines is 1. The summed E-state index contributed by atoms with van der Waals surface area (Å²) in [5.41, 5.74) is 0.749. The van der Waals surface area contributed by atoms with Gasteiger partial charge in [0.25, 0.3) is 0 Å². The third-order valence-electron chi connectivity index (χ3n) is 4.95. The third kappa shape index (κ3) is 7.52. The first-order valence-electron chi connectivity index (χ1n) is 10.5. The molecule has 33 heavy (non-hydrogen) atoms. The highest BCUT2D eigenvalue weighted by Crippen LogP contribution is 2.21. The first kappa shape index (κ1) is 26.2. The number of carbonyl (C=O) groups is 2. The molecular weight excluding hydrogens is 452 g/mol. The predicted octanol–water partition coefficient (Wildman–Crippen LogP) is 2.72. The van der Waals surface area contributed by atoms with Gasteiger partial charge in [0.2, 0.25) is 21.8 Å². The Hall–Kier alpha value is -3.01. The molecule has 0 fully saturated rings. The van der Waals surface area contributed by atoms with E-state index in [1.807, 2.05) is 30.3 Å². The van der Waals surface area contributed by atoms with E-state index in [9.17, 15) is 26.8 Å². The smallest absolute Gasteiger partial charge is 0.244 e. The Bertz CT molecular complexity index is 1080. The second-order valence-corrected chi connectivity index (χ2v) is 9.94. The summed E-state index contributed by atoms with van der Waals surface area (Å²) in [6.07, 6.45) is 1.31. The Balaban J connectivity index is 2.33. The highest BCUT2D eigenvalue weighted by Gasteiger charge is 2.30. The van der Waals surface area contributed by atoms with Gasteiger partial charge in [0, 0.05) is 18.7 Å². The zero-order valence-corrected chi connectivity index (χ0v) is 19.9. The van der Waals surface area contributed by atoms with Crippen molar-refractivity contribution in [3.05, 3.63) is 65.7 Å². The fraction of sp³-hybridized carbons (Fsp3) is 0.391. The molecule has 2 aromatic carbocycles. The van der Waals surface area contributed by atoms with Crippen molar-refractivity contribution in [2.24, 2.45) is 0 Å². The minimum atomic E-state index is -4.01. The summed E-state index contributed by atoms with van der Waals surface area (Å²) >= 11 is 0. The first-order chi connectivity index (χ1) is 15.4. The van der Waals surface area contributed by atoms with E-state index in [1.165, 1.54) is 4.90 Å². The lowest BCUT2D eigenvalue weighted by atomic mass is 10.1. The minimum absolute atomic E-state index is 0.152. The van der Waals surface area contributed by atoms with E-state index in [1.54, 1.807) is 20.8 Å². The topological polar surface area (TPSA) is 86.8 Å². The summed E-state index contributed by atoms with van der Waals surface area (Å²) < 4.78 is 52.5. The number of hydrogen-bond acceptors (Lipinski definition) is 4. The lowest BCUT2D eigenvalue weighted by molar-refractivity contribution is -0.139. The Morgan fingerprint density at radius 2 is 1.64 bits per heavy atom. The zero-order valence-electron chi connectivity index (χ0n) is 19.1. The number of rotatable bonds is 10. The van der Waals surface area contributed by atoms with E-state index in [2.05, 4.69) is 5.32 Å². The third-order valence-corrected chi connectivity index (χ3v) is 6.09. The van der Waals surface area contributed by atoms with Crippen molar-refractivity contribution < 1.29 is 26.8 Å². The van der Waals surface area contributed by atoms with Crippen molar-refractivity contribution in [3.63, 3.8) is 0 Å². The summed E-state index contributed by atoms with van der Waals surface area (Å²) in [7, 11) is -4.01. The largest absolute Gasteiger partial charge is 0.352 e. The van der Waals surface area contributed by atoms with Crippen LogP contribution in [0.1, 0.15) is 26.3 Å². The summed E-state index contributed by atoms with van der Waals surface area (Å²) in [4.78, 5) is 27.2. The van der Waals surface area contributed by atoms with Crippen LogP contribution in [-0.4, -0.2) is 56.6 Å². The molecule has 0 bridgehead atoms. The molecule has 0 aromatic heterocycles. The number of halogens is 2. The van der Waals surface area contributed by atoms with Crippen molar-refractivity contribution >= 4 is 27.5 Å². The number of hydrogen-bond donors (Lipinski definition) is 1. The van der Waals surface area contributed by atoms with Crippen LogP contribution in [-0.2, 0) is 26.0 Å². The van der Waals surface area contributed by atoms with Gasteiger partial charge in [0.15, 0.2) is 11.6 Å². The second-order valence-electron chi connectivity index (χ2n) is 8.03. The summed E-state index contributed by atoms with van der Waals surface area (Å²) in [5.74, 6) is -3.40. The maximum absolute atomic E-state index is 13.7. The van der Waals surface area contributed by atoms with Gasteiger partial charge in [-0.15, -0.1) is 0 Å². The molecule has 0 spiro atoms. The molecule has 0 aliphatic rings. The molecule has 0 heterocycles. The van der Waals surface area contributed by atoms with E-state index in [-0.39, 0.29) is 24.2 Å². The number of nitrogens with zero attached hydrogens (tertiary/aromatic N) is 2. The van der Waals surface area contributed by atoms with Gasteiger partial charge in [-0.05, 0) is 44.9 Å². The van der Waals surface area contributed by atoms with Crippen molar-refractivity contribution in [1.29, 1.82) is 0 Å². The van der Waals surface area contributed by atoms with Crippen LogP contribution in [0.2, 0.25) is 0 Å². The van der Waals surface area contributed by atoms with Crippen molar-refractivity contribution in [2.45, 2.75) is 39.3 Å². The molecule has 10 heteroatoms. The Labute approximate surface area is 193 Å². The van der Waals surface area contributed by atoms with Gasteiger partial charge in [-0.3, -0.25) is 13.9 Å². The molecule has 2 aromatic rings. The lowest BCUT2D eigenvalue weighted by Crippen LogP contribution is -2.53. The molecule has 2 amide bonds. The van der Waals surface area contributed by atoms with Gasteiger partial charge in [-0.25, -0.2) is 17.2 Å². The molecule has 0 aliphatic carbocycles. The number of nitrogens with one attached hydrogen (secondary N) is 1. The average molecular weight is 482 g/mol. The number of amides is 2. The van der Waals surface area contributed by atoms with Crippen LogP contribution >= 0.6 is 0 Å².